The van der Waals surface area contributed by atoms with E-state index < -0.39 is 0 Å². The zero-order valence-electron chi connectivity index (χ0n) is 15.1. The summed E-state index contributed by atoms with van der Waals surface area (Å²) in [4.78, 5) is 24.8. The highest BCUT2D eigenvalue weighted by Gasteiger charge is 2.25. The van der Waals surface area contributed by atoms with E-state index in [9.17, 15) is 0 Å². The van der Waals surface area contributed by atoms with Crippen LogP contribution in [-0.4, -0.2) is 42.9 Å². The Kier molecular flexibility index (Phi) is 4.94. The first-order valence-electron chi connectivity index (χ1n) is 8.90. The summed E-state index contributed by atoms with van der Waals surface area (Å²) in [6.07, 6.45) is 9.44. The molecular weight excluding hydrogens is 346 g/mol. The number of anilines is 2. The van der Waals surface area contributed by atoms with Crippen LogP contribution in [0.4, 0.5) is 10.9 Å². The van der Waals surface area contributed by atoms with Crippen molar-refractivity contribution in [2.45, 2.75) is 39.2 Å². The fraction of sp³-hybridized carbons (Fsp3) is 0.444. The number of rotatable bonds is 5. The molecule has 1 aliphatic rings. The molecule has 4 heterocycles. The van der Waals surface area contributed by atoms with Crippen molar-refractivity contribution in [1.29, 1.82) is 0 Å². The number of likely N-dealkylation sites (tertiary alicyclic amines) is 1. The zero-order chi connectivity index (χ0) is 17.9. The number of H-pyrrole nitrogens is 1. The third kappa shape index (κ3) is 3.76. The lowest BCUT2D eigenvalue weighted by molar-refractivity contribution is 0.197. The molecule has 1 fully saturated rings. The van der Waals surface area contributed by atoms with Crippen LogP contribution in [0.15, 0.2) is 24.9 Å². The Morgan fingerprint density at radius 1 is 1.31 bits per heavy atom. The van der Waals surface area contributed by atoms with Gasteiger partial charge in [0.1, 0.15) is 0 Å². The molecule has 0 radical (unpaired) electrons. The minimum atomic E-state index is 0.366. The van der Waals surface area contributed by atoms with Crippen molar-refractivity contribution in [3.05, 3.63) is 46.9 Å². The lowest BCUT2D eigenvalue weighted by atomic mass is 9.94. The van der Waals surface area contributed by atoms with Crippen molar-refractivity contribution in [1.82, 2.24) is 29.8 Å². The number of aryl methyl sites for hydroxylation is 2. The van der Waals surface area contributed by atoms with Crippen LogP contribution >= 0.6 is 11.3 Å². The van der Waals surface area contributed by atoms with Gasteiger partial charge >= 0.3 is 0 Å². The van der Waals surface area contributed by atoms with Gasteiger partial charge in [0.15, 0.2) is 10.9 Å². The molecule has 1 aliphatic heterocycles. The van der Waals surface area contributed by atoms with Gasteiger partial charge in [-0.3, -0.25) is 9.88 Å². The molecule has 2 N–H and O–H groups in total. The topological polar surface area (TPSA) is 82.6 Å². The smallest absolute Gasteiger partial charge is 0.188 e. The van der Waals surface area contributed by atoms with Crippen LogP contribution in [0.1, 0.15) is 40.7 Å². The van der Waals surface area contributed by atoms with Crippen LogP contribution in [0.2, 0.25) is 0 Å². The summed E-state index contributed by atoms with van der Waals surface area (Å²) in [5.74, 6) is 1.19. The van der Waals surface area contributed by atoms with Gasteiger partial charge in [-0.15, -0.1) is 11.3 Å². The normalized spacial score (nSPS) is 18.2. The first-order valence-corrected chi connectivity index (χ1v) is 9.72. The fourth-order valence-electron chi connectivity index (χ4n) is 3.41. The van der Waals surface area contributed by atoms with Gasteiger partial charge < -0.3 is 10.3 Å². The van der Waals surface area contributed by atoms with Crippen molar-refractivity contribution in [2.75, 3.05) is 18.4 Å². The highest BCUT2D eigenvalue weighted by Crippen LogP contribution is 2.32. The summed E-state index contributed by atoms with van der Waals surface area (Å²) in [5, 5.41) is 4.27. The maximum absolute atomic E-state index is 4.66. The van der Waals surface area contributed by atoms with Gasteiger partial charge in [-0.05, 0) is 33.2 Å². The minimum absolute atomic E-state index is 0.366. The van der Waals surface area contributed by atoms with Crippen LogP contribution in [0, 0.1) is 13.8 Å². The highest BCUT2D eigenvalue weighted by molar-refractivity contribution is 7.15. The van der Waals surface area contributed by atoms with Crippen molar-refractivity contribution < 1.29 is 0 Å². The number of hydrogen-bond acceptors (Lipinski definition) is 7. The molecule has 0 aromatic carbocycles. The second-order valence-corrected chi connectivity index (χ2v) is 7.93. The van der Waals surface area contributed by atoms with Gasteiger partial charge in [0.2, 0.25) is 0 Å². The first-order chi connectivity index (χ1) is 12.7. The zero-order valence-corrected chi connectivity index (χ0v) is 15.9. The van der Waals surface area contributed by atoms with Gasteiger partial charge in [-0.2, -0.15) is 0 Å². The summed E-state index contributed by atoms with van der Waals surface area (Å²) in [6.45, 7) is 7.09. The van der Waals surface area contributed by atoms with Crippen LogP contribution < -0.4 is 5.32 Å². The quantitative estimate of drug-likeness (QED) is 0.717. The van der Waals surface area contributed by atoms with Crippen LogP contribution in [0.25, 0.3) is 0 Å². The molecule has 4 rings (SSSR count). The van der Waals surface area contributed by atoms with Crippen molar-refractivity contribution in [3.8, 4) is 0 Å². The predicted octanol–water partition coefficient (Wildman–Crippen LogP) is 3.40. The molecule has 136 valence electrons. The predicted molar refractivity (Wildman–Crippen MR) is 103 cm³/mol. The van der Waals surface area contributed by atoms with Crippen LogP contribution in [0.3, 0.4) is 0 Å². The SMILES string of the molecule is Cc1nc(Nc2nccnc2[C@H]2CCCN(Cc3cnc[nH]3)C2)sc1C. The first kappa shape index (κ1) is 17.1. The van der Waals surface area contributed by atoms with E-state index in [0.29, 0.717) is 5.92 Å². The van der Waals surface area contributed by atoms with Gasteiger partial charge in [0.05, 0.1) is 17.7 Å². The van der Waals surface area contributed by atoms with Gasteiger partial charge in [0.25, 0.3) is 0 Å². The van der Waals surface area contributed by atoms with E-state index in [2.05, 4.69) is 42.1 Å². The maximum Gasteiger partial charge on any atom is 0.188 e. The van der Waals surface area contributed by atoms with Gasteiger partial charge in [0, 0.05) is 48.2 Å². The monoisotopic (exact) mass is 369 g/mol. The Hall–Kier alpha value is -2.32. The molecule has 0 saturated carbocycles. The molecule has 8 heteroatoms. The van der Waals surface area contributed by atoms with Gasteiger partial charge in [-0.25, -0.2) is 15.0 Å². The second kappa shape index (κ2) is 7.51. The molecule has 0 bridgehead atoms. The Labute approximate surface area is 156 Å². The lowest BCUT2D eigenvalue weighted by Crippen LogP contribution is -2.34. The number of nitrogens with zero attached hydrogens (tertiary/aromatic N) is 5. The van der Waals surface area contributed by atoms with E-state index in [1.807, 2.05) is 13.1 Å². The lowest BCUT2D eigenvalue weighted by Gasteiger charge is -2.32. The van der Waals surface area contributed by atoms with E-state index in [-0.39, 0.29) is 0 Å². The number of thiazole rings is 1. The number of piperidine rings is 1. The van der Waals surface area contributed by atoms with E-state index in [4.69, 9.17) is 0 Å². The number of imidazole rings is 1. The molecule has 1 saturated heterocycles. The molecule has 0 aliphatic carbocycles. The van der Waals surface area contributed by atoms with Crippen molar-refractivity contribution in [2.24, 2.45) is 0 Å². The largest absolute Gasteiger partial charge is 0.347 e. The summed E-state index contributed by atoms with van der Waals surface area (Å²) in [6, 6.07) is 0. The number of aromatic amines is 1. The van der Waals surface area contributed by atoms with Crippen LogP contribution in [-0.2, 0) is 6.54 Å². The second-order valence-electron chi connectivity index (χ2n) is 6.73. The van der Waals surface area contributed by atoms with E-state index in [1.54, 1.807) is 30.1 Å². The Morgan fingerprint density at radius 3 is 2.96 bits per heavy atom. The molecule has 0 amide bonds. The Balaban J connectivity index is 1.51. The molecule has 0 unspecified atom stereocenters. The molecule has 3 aromatic rings. The fourth-order valence-corrected chi connectivity index (χ4v) is 4.22. The average molecular weight is 369 g/mol. The van der Waals surface area contributed by atoms with Crippen LogP contribution in [0.5, 0.6) is 0 Å². The summed E-state index contributed by atoms with van der Waals surface area (Å²) >= 11 is 1.66. The van der Waals surface area contributed by atoms with Crippen molar-refractivity contribution in [3.63, 3.8) is 0 Å². The number of nitrogens with one attached hydrogen (secondary N) is 2. The molecule has 3 aromatic heterocycles. The molecule has 7 nitrogen and oxygen atoms in total. The minimum Gasteiger partial charge on any atom is -0.347 e. The van der Waals surface area contributed by atoms with Gasteiger partial charge in [-0.1, -0.05) is 0 Å². The third-order valence-corrected chi connectivity index (χ3v) is 5.81. The summed E-state index contributed by atoms with van der Waals surface area (Å²) in [5.41, 5.74) is 3.25. The number of aromatic nitrogens is 5. The Morgan fingerprint density at radius 2 is 2.19 bits per heavy atom. The van der Waals surface area contributed by atoms with Crippen molar-refractivity contribution >= 4 is 22.3 Å². The third-order valence-electron chi connectivity index (χ3n) is 4.82. The average Bonchev–Trinajstić information content (AvgIpc) is 3.26. The summed E-state index contributed by atoms with van der Waals surface area (Å²) in [7, 11) is 0. The molecule has 1 atom stereocenters. The summed E-state index contributed by atoms with van der Waals surface area (Å²) < 4.78 is 0. The van der Waals surface area contributed by atoms with E-state index in [0.717, 1.165) is 60.5 Å². The number of hydrogen-bond donors (Lipinski definition) is 2. The maximum atomic E-state index is 4.66. The van der Waals surface area contributed by atoms with E-state index in [1.165, 1.54) is 4.88 Å². The van der Waals surface area contributed by atoms with E-state index >= 15 is 0 Å². The Bertz CT molecular complexity index is 839. The highest BCUT2D eigenvalue weighted by atomic mass is 32.1. The standard InChI is InChI=1S/C18H23N7S/c1-12-13(2)26-18(23-12)24-17-16(20-5-6-21-17)14-4-3-7-25(9-14)10-15-8-19-11-22-15/h5-6,8,11,14H,3-4,7,9-10H2,1-2H3,(H,19,22)(H,21,23,24)/t14-/m0/s1. The molecular formula is C18H23N7S. The molecule has 0 spiro atoms. The molecule has 26 heavy (non-hydrogen) atoms.